The van der Waals surface area contributed by atoms with E-state index in [4.69, 9.17) is 11.6 Å². The van der Waals surface area contributed by atoms with Gasteiger partial charge in [-0.15, -0.1) is 0 Å². The summed E-state index contributed by atoms with van der Waals surface area (Å²) in [5.41, 5.74) is 2.08. The predicted octanol–water partition coefficient (Wildman–Crippen LogP) is 4.26. The molecule has 0 unspecified atom stereocenters. The summed E-state index contributed by atoms with van der Waals surface area (Å²) < 4.78 is 0. The van der Waals surface area contributed by atoms with E-state index in [1.54, 1.807) is 19.1 Å². The number of hydrogen-bond donors (Lipinski definition) is 1. The van der Waals surface area contributed by atoms with Gasteiger partial charge in [-0.1, -0.05) is 18.5 Å². The molecule has 31 heavy (non-hydrogen) atoms. The van der Waals surface area contributed by atoms with Gasteiger partial charge in [-0.3, -0.25) is 19.7 Å². The Labute approximate surface area is 185 Å². The molecule has 1 saturated heterocycles. The molecule has 0 radical (unpaired) electrons. The van der Waals surface area contributed by atoms with Crippen molar-refractivity contribution in [2.75, 3.05) is 36.4 Å². The molecule has 8 nitrogen and oxygen atoms in total. The summed E-state index contributed by atoms with van der Waals surface area (Å²) in [6.45, 7) is 6.13. The molecule has 0 spiro atoms. The van der Waals surface area contributed by atoms with Crippen LogP contribution in [0, 0.1) is 17.0 Å². The number of carbonyl (C=O) groups excluding carboxylic acids is 2. The number of anilines is 2. The highest BCUT2D eigenvalue weighted by Gasteiger charge is 2.23. The maximum atomic E-state index is 12.8. The van der Waals surface area contributed by atoms with Crippen LogP contribution in [0.15, 0.2) is 36.4 Å². The van der Waals surface area contributed by atoms with Crippen molar-refractivity contribution in [2.24, 2.45) is 0 Å². The van der Waals surface area contributed by atoms with E-state index in [2.05, 4.69) is 10.2 Å². The van der Waals surface area contributed by atoms with Crippen LogP contribution in [0.25, 0.3) is 0 Å². The van der Waals surface area contributed by atoms with Crippen LogP contribution in [0.4, 0.5) is 17.1 Å². The zero-order valence-electron chi connectivity index (χ0n) is 17.6. The molecule has 2 aromatic carbocycles. The maximum Gasteiger partial charge on any atom is 0.272 e. The van der Waals surface area contributed by atoms with E-state index in [-0.39, 0.29) is 17.5 Å². The summed E-state index contributed by atoms with van der Waals surface area (Å²) in [6.07, 6.45) is 1.38. The summed E-state index contributed by atoms with van der Waals surface area (Å²) in [6, 6.07) is 9.55. The summed E-state index contributed by atoms with van der Waals surface area (Å²) >= 11 is 6.17. The van der Waals surface area contributed by atoms with Crippen molar-refractivity contribution < 1.29 is 14.5 Å². The summed E-state index contributed by atoms with van der Waals surface area (Å²) in [4.78, 5) is 39.5. The number of hydrogen-bond acceptors (Lipinski definition) is 5. The minimum absolute atomic E-state index is 0.0320. The van der Waals surface area contributed by atoms with Crippen molar-refractivity contribution in [3.8, 4) is 0 Å². The number of amides is 2. The van der Waals surface area contributed by atoms with Crippen LogP contribution in [-0.4, -0.2) is 47.8 Å². The van der Waals surface area contributed by atoms with Gasteiger partial charge in [0, 0.05) is 54.8 Å². The van der Waals surface area contributed by atoms with Crippen molar-refractivity contribution in [3.05, 3.63) is 62.7 Å². The van der Waals surface area contributed by atoms with Crippen LogP contribution in [0.1, 0.15) is 35.7 Å². The first-order valence-electron chi connectivity index (χ1n) is 10.2. The minimum Gasteiger partial charge on any atom is -0.366 e. The Morgan fingerprint density at radius 2 is 1.84 bits per heavy atom. The number of rotatable bonds is 6. The first-order valence-corrected chi connectivity index (χ1v) is 10.6. The lowest BCUT2D eigenvalue weighted by atomic mass is 10.1. The highest BCUT2D eigenvalue weighted by Crippen LogP contribution is 2.31. The second-order valence-electron chi connectivity index (χ2n) is 7.49. The number of nitrogens with one attached hydrogen (secondary N) is 1. The Balaban J connectivity index is 1.76. The number of halogens is 1. The van der Waals surface area contributed by atoms with Crippen molar-refractivity contribution in [3.63, 3.8) is 0 Å². The fraction of sp³-hybridized carbons (Fsp3) is 0.364. The van der Waals surface area contributed by atoms with Gasteiger partial charge in [-0.2, -0.15) is 0 Å². The first-order chi connectivity index (χ1) is 14.8. The Morgan fingerprint density at radius 1 is 1.13 bits per heavy atom. The molecule has 0 aliphatic carbocycles. The standard InChI is InChI=1S/C22H25ClN4O4/c1-3-4-21(28)26-11-9-25(10-12-26)20-8-6-17(23)14-18(20)24-22(29)16-5-7-19(27(30)31)15(2)13-16/h5-8,13-14H,3-4,9-12H2,1-2H3,(H,24,29). The molecule has 2 aromatic rings. The van der Waals surface area contributed by atoms with E-state index >= 15 is 0 Å². The highest BCUT2D eigenvalue weighted by atomic mass is 35.5. The molecule has 1 aliphatic rings. The fourth-order valence-corrected chi connectivity index (χ4v) is 3.82. The average molecular weight is 445 g/mol. The number of benzene rings is 2. The Hall–Kier alpha value is -3.13. The largest absolute Gasteiger partial charge is 0.366 e. The van der Waals surface area contributed by atoms with Gasteiger partial charge in [0.25, 0.3) is 11.6 Å². The molecule has 1 N–H and O–H groups in total. The van der Waals surface area contributed by atoms with Gasteiger partial charge >= 0.3 is 0 Å². The average Bonchev–Trinajstić information content (AvgIpc) is 2.74. The second kappa shape index (κ2) is 9.78. The lowest BCUT2D eigenvalue weighted by molar-refractivity contribution is -0.385. The van der Waals surface area contributed by atoms with Crippen LogP contribution in [-0.2, 0) is 4.79 Å². The van der Waals surface area contributed by atoms with Crippen LogP contribution >= 0.6 is 11.6 Å². The van der Waals surface area contributed by atoms with E-state index in [9.17, 15) is 19.7 Å². The van der Waals surface area contributed by atoms with Crippen molar-refractivity contribution in [1.82, 2.24) is 4.90 Å². The number of aryl methyl sites for hydroxylation is 1. The maximum absolute atomic E-state index is 12.8. The molecule has 1 fully saturated rings. The van der Waals surface area contributed by atoms with E-state index in [1.807, 2.05) is 17.9 Å². The Bertz CT molecular complexity index is 1000. The third-order valence-electron chi connectivity index (χ3n) is 5.30. The molecule has 164 valence electrons. The van der Waals surface area contributed by atoms with Crippen LogP contribution in [0.2, 0.25) is 5.02 Å². The normalized spacial score (nSPS) is 13.8. The van der Waals surface area contributed by atoms with Gasteiger partial charge in [0.2, 0.25) is 5.91 Å². The highest BCUT2D eigenvalue weighted by molar-refractivity contribution is 6.31. The summed E-state index contributed by atoms with van der Waals surface area (Å²) in [5.74, 6) is -0.210. The Morgan fingerprint density at radius 3 is 2.45 bits per heavy atom. The van der Waals surface area contributed by atoms with Crippen LogP contribution < -0.4 is 10.2 Å². The van der Waals surface area contributed by atoms with E-state index < -0.39 is 4.92 Å². The number of piperazine rings is 1. The number of nitro benzene ring substituents is 1. The zero-order chi connectivity index (χ0) is 22.5. The molecule has 0 atom stereocenters. The van der Waals surface area contributed by atoms with Gasteiger partial charge < -0.3 is 15.1 Å². The van der Waals surface area contributed by atoms with Gasteiger partial charge in [0.15, 0.2) is 0 Å². The quantitative estimate of drug-likeness (QED) is 0.530. The SMILES string of the molecule is CCCC(=O)N1CCN(c2ccc(Cl)cc2NC(=O)c2ccc([N+](=O)[O-])c(C)c2)CC1. The lowest BCUT2D eigenvalue weighted by Gasteiger charge is -2.37. The monoisotopic (exact) mass is 444 g/mol. The van der Waals surface area contributed by atoms with Gasteiger partial charge in [-0.05, 0) is 43.7 Å². The first kappa shape index (κ1) is 22.6. The molecule has 1 heterocycles. The molecule has 0 saturated carbocycles. The van der Waals surface area contributed by atoms with Crippen molar-refractivity contribution in [1.29, 1.82) is 0 Å². The molecule has 3 rings (SSSR count). The fourth-order valence-electron chi connectivity index (χ4n) is 3.65. The van der Waals surface area contributed by atoms with E-state index in [1.165, 1.54) is 18.2 Å². The molecule has 0 bridgehead atoms. The number of carbonyl (C=O) groups is 2. The molecule has 1 aliphatic heterocycles. The van der Waals surface area contributed by atoms with E-state index in [0.717, 1.165) is 12.1 Å². The molecular weight excluding hydrogens is 420 g/mol. The molecular formula is C22H25ClN4O4. The smallest absolute Gasteiger partial charge is 0.272 e. The van der Waals surface area contributed by atoms with Crippen LogP contribution in [0.3, 0.4) is 0 Å². The van der Waals surface area contributed by atoms with Crippen LogP contribution in [0.5, 0.6) is 0 Å². The molecule has 2 amide bonds. The third-order valence-corrected chi connectivity index (χ3v) is 5.53. The predicted molar refractivity (Wildman–Crippen MR) is 121 cm³/mol. The molecule has 9 heteroatoms. The van der Waals surface area contributed by atoms with Crippen molar-refractivity contribution >= 4 is 40.5 Å². The summed E-state index contributed by atoms with van der Waals surface area (Å²) in [7, 11) is 0. The number of nitrogens with zero attached hydrogens (tertiary/aromatic N) is 3. The molecule has 0 aromatic heterocycles. The van der Waals surface area contributed by atoms with Gasteiger partial charge in [0.1, 0.15) is 0 Å². The zero-order valence-corrected chi connectivity index (χ0v) is 18.3. The minimum atomic E-state index is -0.475. The third kappa shape index (κ3) is 5.32. The summed E-state index contributed by atoms with van der Waals surface area (Å²) in [5, 5.41) is 14.4. The topological polar surface area (TPSA) is 95.8 Å². The van der Waals surface area contributed by atoms with Crippen molar-refractivity contribution in [2.45, 2.75) is 26.7 Å². The van der Waals surface area contributed by atoms with Gasteiger partial charge in [-0.25, -0.2) is 0 Å². The number of nitro groups is 1. The van der Waals surface area contributed by atoms with E-state index in [0.29, 0.717) is 54.4 Å². The Kier molecular flexibility index (Phi) is 7.12. The van der Waals surface area contributed by atoms with Gasteiger partial charge in [0.05, 0.1) is 16.3 Å². The lowest BCUT2D eigenvalue weighted by Crippen LogP contribution is -2.48. The second-order valence-corrected chi connectivity index (χ2v) is 7.93.